The minimum Gasteiger partial charge on any atom is -0.151 e. The van der Waals surface area contributed by atoms with Crippen molar-refractivity contribution in [3.8, 4) is 0 Å². The number of nitroso groups, excluding NO2 is 1. The molecule has 50 valence electrons. The molecule has 0 saturated carbocycles. The summed E-state index contributed by atoms with van der Waals surface area (Å²) in [6.45, 7) is 2.60. The average molecular weight is 138 g/mol. The van der Waals surface area contributed by atoms with E-state index in [2.05, 4.69) is 12.1 Å². The lowest BCUT2D eigenvalue weighted by atomic mass is 10.3. The standard InChI is InChI=1S/C5H11NO.ClH/c1-2-3-4-5-6-7;/h2-5H2,1H3;1H. The highest BCUT2D eigenvalue weighted by Crippen LogP contribution is 1.91. The lowest BCUT2D eigenvalue weighted by molar-refractivity contribution is 0.726. The van der Waals surface area contributed by atoms with Gasteiger partial charge in [-0.3, -0.25) is 0 Å². The summed E-state index contributed by atoms with van der Waals surface area (Å²) in [4.78, 5) is 9.43. The highest BCUT2D eigenvalue weighted by Gasteiger charge is 1.80. The molecule has 0 aromatic rings. The van der Waals surface area contributed by atoms with E-state index in [9.17, 15) is 4.91 Å². The lowest BCUT2D eigenvalue weighted by Gasteiger charge is -1.85. The van der Waals surface area contributed by atoms with E-state index >= 15 is 0 Å². The molecule has 2 nitrogen and oxygen atoms in total. The molecule has 0 heterocycles. The van der Waals surface area contributed by atoms with Crippen molar-refractivity contribution in [1.82, 2.24) is 0 Å². The van der Waals surface area contributed by atoms with Crippen LogP contribution in [0.4, 0.5) is 0 Å². The van der Waals surface area contributed by atoms with Crippen LogP contribution in [0.15, 0.2) is 5.18 Å². The Bertz CT molecular complexity index is 49.7. The summed E-state index contributed by atoms with van der Waals surface area (Å²) < 4.78 is 0. The number of halogens is 1. The van der Waals surface area contributed by atoms with E-state index in [1.807, 2.05) is 0 Å². The Morgan fingerprint density at radius 1 is 1.38 bits per heavy atom. The monoisotopic (exact) mass is 137 g/mol. The summed E-state index contributed by atoms with van der Waals surface area (Å²) in [5, 5.41) is 2.72. The highest BCUT2D eigenvalue weighted by atomic mass is 35.5. The summed E-state index contributed by atoms with van der Waals surface area (Å²) >= 11 is 0. The molecule has 0 unspecified atom stereocenters. The fourth-order valence-electron chi connectivity index (χ4n) is 0.426. The third-order valence-corrected chi connectivity index (χ3v) is 0.853. The third-order valence-electron chi connectivity index (χ3n) is 0.853. The molecule has 0 aromatic heterocycles. The zero-order chi connectivity index (χ0) is 5.54. The van der Waals surface area contributed by atoms with Crippen LogP contribution in [0, 0.1) is 4.91 Å². The van der Waals surface area contributed by atoms with Gasteiger partial charge in [0.1, 0.15) is 0 Å². The molecule has 8 heavy (non-hydrogen) atoms. The Hall–Kier alpha value is -0.110. The summed E-state index contributed by atoms with van der Waals surface area (Å²) in [6, 6.07) is 0. The minimum atomic E-state index is 0. The second-order valence-corrected chi connectivity index (χ2v) is 1.56. The Labute approximate surface area is 56.0 Å². The third kappa shape index (κ3) is 9.31. The van der Waals surface area contributed by atoms with Crippen LogP contribution in [0.25, 0.3) is 0 Å². The fourth-order valence-corrected chi connectivity index (χ4v) is 0.426. The second kappa shape index (κ2) is 10.00. The minimum absolute atomic E-state index is 0. The molecule has 0 radical (unpaired) electrons. The van der Waals surface area contributed by atoms with Crippen molar-refractivity contribution in [2.24, 2.45) is 5.18 Å². The molecule has 0 aromatic carbocycles. The molecule has 0 aliphatic rings. The molecule has 3 heteroatoms. The maximum Gasteiger partial charge on any atom is 0.0811 e. The highest BCUT2D eigenvalue weighted by molar-refractivity contribution is 5.85. The summed E-state index contributed by atoms with van der Waals surface area (Å²) in [5.74, 6) is 0. The van der Waals surface area contributed by atoms with E-state index in [1.165, 1.54) is 0 Å². The predicted octanol–water partition coefficient (Wildman–Crippen LogP) is 2.36. The van der Waals surface area contributed by atoms with Crippen LogP contribution in [0.5, 0.6) is 0 Å². The van der Waals surface area contributed by atoms with E-state index in [-0.39, 0.29) is 12.4 Å². The van der Waals surface area contributed by atoms with Gasteiger partial charge in [0.2, 0.25) is 0 Å². The van der Waals surface area contributed by atoms with Crippen molar-refractivity contribution in [2.75, 3.05) is 6.54 Å². The van der Waals surface area contributed by atoms with Gasteiger partial charge in [-0.15, -0.1) is 12.4 Å². The normalized spacial score (nSPS) is 7.62. The largest absolute Gasteiger partial charge is 0.151 e. The van der Waals surface area contributed by atoms with E-state index in [0.29, 0.717) is 6.54 Å². The van der Waals surface area contributed by atoms with Gasteiger partial charge in [0.15, 0.2) is 0 Å². The van der Waals surface area contributed by atoms with Crippen molar-refractivity contribution in [1.29, 1.82) is 0 Å². The van der Waals surface area contributed by atoms with Crippen molar-refractivity contribution in [3.63, 3.8) is 0 Å². The van der Waals surface area contributed by atoms with Gasteiger partial charge in [-0.1, -0.05) is 24.9 Å². The molecular weight excluding hydrogens is 126 g/mol. The Morgan fingerprint density at radius 2 is 2.00 bits per heavy atom. The molecule has 0 spiro atoms. The number of nitrogens with zero attached hydrogens (tertiary/aromatic N) is 1. The van der Waals surface area contributed by atoms with Gasteiger partial charge < -0.3 is 0 Å². The SMILES string of the molecule is CCCCCN=O.Cl. The van der Waals surface area contributed by atoms with Gasteiger partial charge >= 0.3 is 0 Å². The van der Waals surface area contributed by atoms with Gasteiger partial charge in [0, 0.05) is 0 Å². The Morgan fingerprint density at radius 3 is 2.38 bits per heavy atom. The van der Waals surface area contributed by atoms with Gasteiger partial charge in [-0.2, -0.15) is 4.91 Å². The van der Waals surface area contributed by atoms with Gasteiger partial charge in [-0.25, -0.2) is 0 Å². The lowest BCUT2D eigenvalue weighted by Crippen LogP contribution is -1.76. The predicted molar refractivity (Wildman–Crippen MR) is 37.4 cm³/mol. The molecule has 0 bridgehead atoms. The molecule has 0 N–H and O–H groups in total. The van der Waals surface area contributed by atoms with E-state index in [4.69, 9.17) is 0 Å². The molecule has 0 aliphatic heterocycles. The van der Waals surface area contributed by atoms with Crippen molar-refractivity contribution >= 4 is 12.4 Å². The van der Waals surface area contributed by atoms with Crippen LogP contribution in [-0.4, -0.2) is 6.54 Å². The van der Waals surface area contributed by atoms with Crippen LogP contribution in [0.3, 0.4) is 0 Å². The average Bonchev–Trinajstić information content (AvgIpc) is 1.69. The topological polar surface area (TPSA) is 29.4 Å². The van der Waals surface area contributed by atoms with E-state index in [0.717, 1.165) is 19.3 Å². The van der Waals surface area contributed by atoms with Crippen LogP contribution in [0.1, 0.15) is 26.2 Å². The quantitative estimate of drug-likeness (QED) is 0.432. The summed E-state index contributed by atoms with van der Waals surface area (Å²) in [7, 11) is 0. The molecule has 0 rings (SSSR count). The number of rotatable bonds is 4. The maximum atomic E-state index is 9.43. The number of hydrogen-bond donors (Lipinski definition) is 0. The first kappa shape index (κ1) is 10.8. The van der Waals surface area contributed by atoms with Crippen molar-refractivity contribution < 1.29 is 0 Å². The Balaban J connectivity index is 0. The zero-order valence-electron chi connectivity index (χ0n) is 5.09. The molecule has 0 atom stereocenters. The Kier molecular flexibility index (Phi) is 13.5. The van der Waals surface area contributed by atoms with E-state index in [1.54, 1.807) is 0 Å². The van der Waals surface area contributed by atoms with Gasteiger partial charge in [-0.05, 0) is 6.42 Å². The molecule has 0 amide bonds. The first-order chi connectivity index (χ1) is 3.41. The van der Waals surface area contributed by atoms with Gasteiger partial charge in [0.25, 0.3) is 0 Å². The van der Waals surface area contributed by atoms with Gasteiger partial charge in [0.05, 0.1) is 6.54 Å². The van der Waals surface area contributed by atoms with Crippen LogP contribution >= 0.6 is 12.4 Å². The molecule has 0 saturated heterocycles. The smallest absolute Gasteiger partial charge is 0.0811 e. The molecule has 0 aliphatic carbocycles. The first-order valence-corrected chi connectivity index (χ1v) is 2.71. The summed E-state index contributed by atoms with van der Waals surface area (Å²) in [6.07, 6.45) is 3.25. The second-order valence-electron chi connectivity index (χ2n) is 1.56. The zero-order valence-corrected chi connectivity index (χ0v) is 5.91. The molecule has 0 fully saturated rings. The molecular formula is C5H12ClNO. The van der Waals surface area contributed by atoms with Crippen LogP contribution < -0.4 is 0 Å². The number of hydrogen-bond acceptors (Lipinski definition) is 2. The van der Waals surface area contributed by atoms with Crippen molar-refractivity contribution in [3.05, 3.63) is 4.91 Å². The van der Waals surface area contributed by atoms with Crippen molar-refractivity contribution in [2.45, 2.75) is 26.2 Å². The van der Waals surface area contributed by atoms with Crippen LogP contribution in [0.2, 0.25) is 0 Å². The van der Waals surface area contributed by atoms with Crippen LogP contribution in [-0.2, 0) is 0 Å². The maximum absolute atomic E-state index is 9.43. The summed E-state index contributed by atoms with van der Waals surface area (Å²) in [5.41, 5.74) is 0. The number of unbranched alkanes of at least 4 members (excludes halogenated alkanes) is 2. The van der Waals surface area contributed by atoms with E-state index < -0.39 is 0 Å². The first-order valence-electron chi connectivity index (χ1n) is 2.71. The fraction of sp³-hybridized carbons (Fsp3) is 1.00.